The number of thioether (sulfide) groups is 1. The lowest BCUT2D eigenvalue weighted by molar-refractivity contribution is 0.0696. The standard InChI is InChI=1S/C15H16N4OS2/c1-18-8-10(7-16-18)13-9-21-5-3-19(13)15(20)12-6-14-11(17-12)2-4-22-14/h2,4,6-8,13,17H,3,5,9H2,1H3. The second-order valence-electron chi connectivity index (χ2n) is 5.42. The second-order valence-corrected chi connectivity index (χ2v) is 7.52. The van der Waals surface area contributed by atoms with Crippen LogP contribution in [0.15, 0.2) is 29.9 Å². The van der Waals surface area contributed by atoms with Gasteiger partial charge in [-0.25, -0.2) is 0 Å². The number of carbonyl (C=O) groups excluding carboxylic acids is 1. The Morgan fingerprint density at radius 1 is 1.50 bits per heavy atom. The monoisotopic (exact) mass is 332 g/mol. The molecule has 1 fully saturated rings. The molecule has 5 nitrogen and oxygen atoms in total. The van der Waals surface area contributed by atoms with E-state index in [-0.39, 0.29) is 11.9 Å². The number of H-pyrrole nitrogens is 1. The predicted octanol–water partition coefficient (Wildman–Crippen LogP) is 2.89. The van der Waals surface area contributed by atoms with E-state index in [1.807, 2.05) is 53.6 Å². The third-order valence-corrected chi connectivity index (χ3v) is 5.86. The highest BCUT2D eigenvalue weighted by Gasteiger charge is 2.30. The van der Waals surface area contributed by atoms with Gasteiger partial charge in [-0.05, 0) is 17.5 Å². The van der Waals surface area contributed by atoms with Crippen molar-refractivity contribution in [2.45, 2.75) is 6.04 Å². The van der Waals surface area contributed by atoms with Gasteiger partial charge < -0.3 is 9.88 Å². The SMILES string of the molecule is Cn1cc(C2CSCCN2C(=O)c2cc3sccc3[nH]2)cn1. The number of nitrogens with one attached hydrogen (secondary N) is 1. The van der Waals surface area contributed by atoms with E-state index in [9.17, 15) is 4.79 Å². The summed E-state index contributed by atoms with van der Waals surface area (Å²) in [6, 6.07) is 4.08. The van der Waals surface area contributed by atoms with Crippen molar-refractivity contribution in [3.05, 3.63) is 41.2 Å². The fraction of sp³-hybridized carbons (Fsp3) is 0.333. The molecule has 0 aromatic carbocycles. The van der Waals surface area contributed by atoms with Crippen molar-refractivity contribution < 1.29 is 4.79 Å². The summed E-state index contributed by atoms with van der Waals surface area (Å²) in [4.78, 5) is 18.1. The van der Waals surface area contributed by atoms with Crippen LogP contribution in [-0.2, 0) is 7.05 Å². The first-order valence-electron chi connectivity index (χ1n) is 7.16. The van der Waals surface area contributed by atoms with Crippen molar-refractivity contribution >= 4 is 39.2 Å². The molecular weight excluding hydrogens is 316 g/mol. The second kappa shape index (κ2) is 5.48. The molecule has 0 spiro atoms. The number of amides is 1. The summed E-state index contributed by atoms with van der Waals surface area (Å²) in [6.45, 7) is 0.774. The van der Waals surface area contributed by atoms with Crippen molar-refractivity contribution in [1.29, 1.82) is 0 Å². The molecule has 4 rings (SSSR count). The maximum Gasteiger partial charge on any atom is 0.270 e. The minimum atomic E-state index is 0.0811. The molecule has 1 N–H and O–H groups in total. The number of aromatic nitrogens is 3. The van der Waals surface area contributed by atoms with Crippen LogP contribution in [0.3, 0.4) is 0 Å². The molecule has 3 aromatic heterocycles. The van der Waals surface area contributed by atoms with Gasteiger partial charge in [-0.2, -0.15) is 16.9 Å². The molecule has 0 aliphatic carbocycles. The Morgan fingerprint density at radius 2 is 2.41 bits per heavy atom. The first-order chi connectivity index (χ1) is 10.7. The molecule has 7 heteroatoms. The van der Waals surface area contributed by atoms with Gasteiger partial charge in [0.2, 0.25) is 0 Å². The first kappa shape index (κ1) is 13.9. The zero-order valence-corrected chi connectivity index (χ0v) is 13.8. The zero-order valence-electron chi connectivity index (χ0n) is 12.2. The normalized spacial score (nSPS) is 19.0. The maximum atomic E-state index is 12.9. The third-order valence-electron chi connectivity index (χ3n) is 3.97. The van der Waals surface area contributed by atoms with E-state index < -0.39 is 0 Å². The fourth-order valence-corrected chi connectivity index (χ4v) is 4.72. The summed E-state index contributed by atoms with van der Waals surface area (Å²) in [5.74, 6) is 1.99. The highest BCUT2D eigenvalue weighted by atomic mass is 32.2. The largest absolute Gasteiger partial charge is 0.350 e. The Balaban J connectivity index is 1.65. The number of carbonyl (C=O) groups is 1. The average molecular weight is 332 g/mol. The van der Waals surface area contributed by atoms with Gasteiger partial charge in [0.1, 0.15) is 5.69 Å². The Hall–Kier alpha value is -1.73. The molecule has 22 heavy (non-hydrogen) atoms. The summed E-state index contributed by atoms with van der Waals surface area (Å²) in [5.41, 5.74) is 2.83. The number of hydrogen-bond acceptors (Lipinski definition) is 4. The van der Waals surface area contributed by atoms with Gasteiger partial charge >= 0.3 is 0 Å². The van der Waals surface area contributed by atoms with Crippen LogP contribution in [0.1, 0.15) is 22.1 Å². The highest BCUT2D eigenvalue weighted by Crippen LogP contribution is 2.31. The lowest BCUT2D eigenvalue weighted by Gasteiger charge is -2.34. The van der Waals surface area contributed by atoms with Crippen LogP contribution in [0.5, 0.6) is 0 Å². The van der Waals surface area contributed by atoms with E-state index in [2.05, 4.69) is 10.1 Å². The zero-order chi connectivity index (χ0) is 15.1. The van der Waals surface area contributed by atoms with Crippen LogP contribution < -0.4 is 0 Å². The lowest BCUT2D eigenvalue weighted by atomic mass is 10.1. The van der Waals surface area contributed by atoms with Gasteiger partial charge in [-0.3, -0.25) is 9.48 Å². The van der Waals surface area contributed by atoms with Crippen LogP contribution >= 0.6 is 23.1 Å². The molecule has 0 saturated carbocycles. The van der Waals surface area contributed by atoms with Gasteiger partial charge in [0.25, 0.3) is 5.91 Å². The van der Waals surface area contributed by atoms with E-state index in [0.29, 0.717) is 5.69 Å². The number of nitrogens with zero attached hydrogens (tertiary/aromatic N) is 3. The molecule has 1 amide bonds. The minimum Gasteiger partial charge on any atom is -0.350 e. The molecule has 1 atom stereocenters. The molecular formula is C15H16N4OS2. The van der Waals surface area contributed by atoms with Crippen molar-refractivity contribution in [3.8, 4) is 0 Å². The summed E-state index contributed by atoms with van der Waals surface area (Å²) in [5, 5.41) is 6.28. The summed E-state index contributed by atoms with van der Waals surface area (Å²) < 4.78 is 2.93. The van der Waals surface area contributed by atoms with Gasteiger partial charge in [-0.15, -0.1) is 11.3 Å². The highest BCUT2D eigenvalue weighted by molar-refractivity contribution is 7.99. The Labute approximate surface area is 136 Å². The van der Waals surface area contributed by atoms with Crippen molar-refractivity contribution in [3.63, 3.8) is 0 Å². The van der Waals surface area contributed by atoms with Gasteiger partial charge in [0.15, 0.2) is 0 Å². The molecule has 4 heterocycles. The Kier molecular flexibility index (Phi) is 3.46. The van der Waals surface area contributed by atoms with E-state index >= 15 is 0 Å². The minimum absolute atomic E-state index is 0.0811. The molecule has 3 aromatic rings. The van der Waals surface area contributed by atoms with Crippen LogP contribution in [0, 0.1) is 0 Å². The van der Waals surface area contributed by atoms with E-state index in [1.54, 1.807) is 16.0 Å². The van der Waals surface area contributed by atoms with Crippen molar-refractivity contribution in [2.75, 3.05) is 18.1 Å². The first-order valence-corrected chi connectivity index (χ1v) is 9.19. The number of rotatable bonds is 2. The molecule has 1 aliphatic rings. The summed E-state index contributed by atoms with van der Waals surface area (Å²) in [7, 11) is 1.91. The summed E-state index contributed by atoms with van der Waals surface area (Å²) in [6.07, 6.45) is 3.87. The molecule has 1 aliphatic heterocycles. The van der Waals surface area contributed by atoms with Crippen LogP contribution in [0.25, 0.3) is 10.2 Å². The third kappa shape index (κ3) is 2.34. The quantitative estimate of drug-likeness (QED) is 0.785. The smallest absolute Gasteiger partial charge is 0.270 e. The molecule has 1 saturated heterocycles. The van der Waals surface area contributed by atoms with Crippen molar-refractivity contribution in [1.82, 2.24) is 19.7 Å². The van der Waals surface area contributed by atoms with Crippen LogP contribution in [-0.4, -0.2) is 43.6 Å². The fourth-order valence-electron chi connectivity index (χ4n) is 2.85. The Bertz CT molecular complexity index is 790. The van der Waals surface area contributed by atoms with Gasteiger partial charge in [-0.1, -0.05) is 0 Å². The number of aryl methyl sites for hydroxylation is 1. The van der Waals surface area contributed by atoms with Gasteiger partial charge in [0.05, 0.1) is 22.5 Å². The summed E-state index contributed by atoms with van der Waals surface area (Å²) >= 11 is 3.54. The molecule has 0 bridgehead atoms. The topological polar surface area (TPSA) is 53.9 Å². The van der Waals surface area contributed by atoms with E-state index in [4.69, 9.17) is 0 Å². The van der Waals surface area contributed by atoms with Gasteiger partial charge in [0, 0.05) is 36.9 Å². The molecule has 114 valence electrons. The van der Waals surface area contributed by atoms with Crippen LogP contribution in [0.4, 0.5) is 0 Å². The maximum absolute atomic E-state index is 12.9. The Morgan fingerprint density at radius 3 is 3.18 bits per heavy atom. The lowest BCUT2D eigenvalue weighted by Crippen LogP contribution is -2.40. The van der Waals surface area contributed by atoms with E-state index in [1.165, 1.54) is 0 Å². The number of hydrogen-bond donors (Lipinski definition) is 1. The average Bonchev–Trinajstić information content (AvgIpc) is 3.21. The number of thiophene rings is 1. The number of aromatic amines is 1. The van der Waals surface area contributed by atoms with Crippen LogP contribution in [0.2, 0.25) is 0 Å². The molecule has 1 unspecified atom stereocenters. The number of fused-ring (bicyclic) bond motifs is 1. The molecule has 0 radical (unpaired) electrons. The van der Waals surface area contributed by atoms with Crippen molar-refractivity contribution in [2.24, 2.45) is 7.05 Å². The predicted molar refractivity (Wildman–Crippen MR) is 90.5 cm³/mol. The van der Waals surface area contributed by atoms with E-state index in [0.717, 1.165) is 33.8 Å².